The van der Waals surface area contributed by atoms with Crippen molar-refractivity contribution in [3.05, 3.63) is 18.2 Å². The first kappa shape index (κ1) is 14.2. The molecule has 1 heterocycles. The lowest BCUT2D eigenvalue weighted by atomic mass is 10.1. The molecule has 0 aliphatic rings. The molecule has 1 aromatic rings. The summed E-state index contributed by atoms with van der Waals surface area (Å²) >= 11 is 0. The predicted molar refractivity (Wildman–Crippen MR) is 66.0 cm³/mol. The molecule has 18 heavy (non-hydrogen) atoms. The van der Waals surface area contributed by atoms with Crippen LogP contribution < -0.4 is 0 Å². The first-order valence-corrected chi connectivity index (χ1v) is 5.87. The zero-order valence-corrected chi connectivity index (χ0v) is 11.1. The number of amides is 1. The van der Waals surface area contributed by atoms with Crippen molar-refractivity contribution in [3.8, 4) is 0 Å². The smallest absolute Gasteiger partial charge is 0.332 e. The Kier molecular flexibility index (Phi) is 4.47. The lowest BCUT2D eigenvalue weighted by Crippen LogP contribution is -2.39. The van der Waals surface area contributed by atoms with Crippen LogP contribution >= 0.6 is 0 Å². The van der Waals surface area contributed by atoms with Gasteiger partial charge in [-0.1, -0.05) is 0 Å². The summed E-state index contributed by atoms with van der Waals surface area (Å²) in [6.07, 6.45) is 3.65. The van der Waals surface area contributed by atoms with Crippen molar-refractivity contribution in [2.24, 2.45) is 0 Å². The van der Waals surface area contributed by atoms with Crippen LogP contribution in [0.5, 0.6) is 0 Å². The minimum Gasteiger partial charge on any atom is -0.479 e. The normalized spacial score (nSPS) is 12.8. The number of aromatic nitrogens is 2. The van der Waals surface area contributed by atoms with Crippen molar-refractivity contribution < 1.29 is 14.7 Å². The molecular formula is C12H19N3O3. The molecule has 0 spiro atoms. The van der Waals surface area contributed by atoms with Crippen molar-refractivity contribution in [3.63, 3.8) is 0 Å². The molecule has 0 radical (unpaired) electrons. The summed E-state index contributed by atoms with van der Waals surface area (Å²) in [6.45, 7) is 7.43. The van der Waals surface area contributed by atoms with Gasteiger partial charge in [0.15, 0.2) is 6.04 Å². The first-order valence-electron chi connectivity index (χ1n) is 5.87. The fourth-order valence-electron chi connectivity index (χ4n) is 1.85. The van der Waals surface area contributed by atoms with E-state index in [2.05, 4.69) is 4.98 Å². The number of carboxylic acid groups (broad SMARTS) is 1. The van der Waals surface area contributed by atoms with E-state index in [-0.39, 0.29) is 12.1 Å². The Balaban J connectivity index is 3.23. The Bertz CT molecular complexity index is 426. The van der Waals surface area contributed by atoms with Gasteiger partial charge in [-0.05, 0) is 27.7 Å². The van der Waals surface area contributed by atoms with Crippen molar-refractivity contribution in [2.75, 3.05) is 0 Å². The fraction of sp³-hybridized carbons (Fsp3) is 0.583. The summed E-state index contributed by atoms with van der Waals surface area (Å²) in [5.74, 6) is -1.06. The van der Waals surface area contributed by atoms with Crippen LogP contribution in [0, 0.1) is 0 Å². The summed E-state index contributed by atoms with van der Waals surface area (Å²) in [5.41, 5.74) is 0.512. The van der Waals surface area contributed by atoms with Crippen LogP contribution in [0.25, 0.3) is 0 Å². The number of aliphatic carboxylic acids is 1. The Labute approximate surface area is 106 Å². The van der Waals surface area contributed by atoms with E-state index >= 15 is 0 Å². The van der Waals surface area contributed by atoms with Gasteiger partial charge in [0, 0.05) is 12.1 Å². The molecular weight excluding hydrogens is 234 g/mol. The van der Waals surface area contributed by atoms with Crippen LogP contribution in [0.2, 0.25) is 0 Å². The number of carbonyl (C=O) groups is 2. The van der Waals surface area contributed by atoms with Crippen LogP contribution in [-0.2, 0) is 9.59 Å². The van der Waals surface area contributed by atoms with Crippen LogP contribution in [0.15, 0.2) is 12.5 Å². The van der Waals surface area contributed by atoms with E-state index in [1.54, 1.807) is 24.7 Å². The largest absolute Gasteiger partial charge is 0.479 e. The molecule has 6 nitrogen and oxygen atoms in total. The number of carboxylic acids is 1. The average Bonchev–Trinajstić information content (AvgIpc) is 2.72. The van der Waals surface area contributed by atoms with E-state index < -0.39 is 12.0 Å². The van der Waals surface area contributed by atoms with Gasteiger partial charge in [-0.15, -0.1) is 0 Å². The summed E-state index contributed by atoms with van der Waals surface area (Å²) in [5, 5.41) is 9.36. The highest BCUT2D eigenvalue weighted by Gasteiger charge is 2.31. The van der Waals surface area contributed by atoms with Gasteiger partial charge in [0.05, 0.1) is 18.2 Å². The van der Waals surface area contributed by atoms with Gasteiger partial charge in [0.1, 0.15) is 0 Å². The molecule has 1 unspecified atom stereocenters. The van der Waals surface area contributed by atoms with E-state index in [1.165, 1.54) is 11.1 Å². The van der Waals surface area contributed by atoms with Crippen LogP contribution in [0.3, 0.4) is 0 Å². The molecule has 0 aliphatic carbocycles. The Morgan fingerprint density at radius 3 is 2.44 bits per heavy atom. The molecule has 0 aromatic carbocycles. The second-order valence-corrected chi connectivity index (χ2v) is 4.71. The van der Waals surface area contributed by atoms with Crippen LogP contribution in [0.4, 0.5) is 0 Å². The summed E-state index contributed by atoms with van der Waals surface area (Å²) < 4.78 is 1.76. The topological polar surface area (TPSA) is 75.4 Å². The van der Waals surface area contributed by atoms with Crippen molar-refractivity contribution in [1.29, 1.82) is 0 Å². The number of imidazole rings is 1. The van der Waals surface area contributed by atoms with Gasteiger partial charge >= 0.3 is 5.97 Å². The molecule has 1 aromatic heterocycles. The maximum atomic E-state index is 11.4. The van der Waals surface area contributed by atoms with Gasteiger partial charge in [-0.2, -0.15) is 0 Å². The number of hydrogen-bond donors (Lipinski definition) is 1. The number of rotatable bonds is 6. The van der Waals surface area contributed by atoms with Crippen molar-refractivity contribution in [2.45, 2.75) is 45.8 Å². The molecule has 6 heteroatoms. The molecule has 1 rings (SSSR count). The predicted octanol–water partition coefficient (Wildman–Crippen LogP) is 1.46. The maximum Gasteiger partial charge on any atom is 0.332 e. The minimum absolute atomic E-state index is 0.0880. The minimum atomic E-state index is -1.06. The van der Waals surface area contributed by atoms with E-state index in [0.29, 0.717) is 12.1 Å². The monoisotopic (exact) mass is 253 g/mol. The lowest BCUT2D eigenvalue weighted by Gasteiger charge is -2.29. The van der Waals surface area contributed by atoms with E-state index in [9.17, 15) is 14.7 Å². The first-order chi connectivity index (χ1) is 8.40. The SMILES string of the molecule is CC(C)N(C=O)C(C(=O)O)c1cncn1C(C)C. The average molecular weight is 253 g/mol. The Hall–Kier alpha value is -1.85. The third kappa shape index (κ3) is 2.69. The fourth-order valence-corrected chi connectivity index (χ4v) is 1.85. The molecule has 0 saturated carbocycles. The molecule has 1 atom stereocenters. The Morgan fingerprint density at radius 2 is 2.06 bits per heavy atom. The Morgan fingerprint density at radius 1 is 1.44 bits per heavy atom. The molecule has 0 bridgehead atoms. The lowest BCUT2D eigenvalue weighted by molar-refractivity contribution is -0.148. The summed E-state index contributed by atoms with van der Waals surface area (Å²) in [4.78, 5) is 27.8. The second kappa shape index (κ2) is 5.66. The number of carbonyl (C=O) groups excluding carboxylic acids is 1. The van der Waals surface area contributed by atoms with Gasteiger partial charge < -0.3 is 14.6 Å². The van der Waals surface area contributed by atoms with E-state index in [4.69, 9.17) is 0 Å². The molecule has 0 aliphatic heterocycles. The van der Waals surface area contributed by atoms with Gasteiger partial charge in [0.25, 0.3) is 0 Å². The highest BCUT2D eigenvalue weighted by Crippen LogP contribution is 2.24. The van der Waals surface area contributed by atoms with E-state index in [1.807, 2.05) is 13.8 Å². The third-order valence-electron chi connectivity index (χ3n) is 2.78. The second-order valence-electron chi connectivity index (χ2n) is 4.71. The quantitative estimate of drug-likeness (QED) is 0.779. The van der Waals surface area contributed by atoms with Crippen LogP contribution in [0.1, 0.15) is 45.5 Å². The molecule has 0 saturated heterocycles. The zero-order valence-electron chi connectivity index (χ0n) is 11.1. The maximum absolute atomic E-state index is 11.4. The summed E-state index contributed by atoms with van der Waals surface area (Å²) in [6, 6.07) is -1.11. The van der Waals surface area contributed by atoms with Crippen LogP contribution in [-0.4, -0.2) is 38.0 Å². The standard InChI is InChI=1S/C12H19N3O3/c1-8(2)14-6-13-5-10(14)11(12(17)18)15(7-16)9(3)4/h5-9,11H,1-4H3,(H,17,18). The molecule has 0 fully saturated rings. The van der Waals surface area contributed by atoms with E-state index in [0.717, 1.165) is 0 Å². The van der Waals surface area contributed by atoms with Gasteiger partial charge in [-0.25, -0.2) is 9.78 Å². The zero-order chi connectivity index (χ0) is 13.9. The third-order valence-corrected chi connectivity index (χ3v) is 2.78. The molecule has 100 valence electrons. The van der Waals surface area contributed by atoms with Crippen molar-refractivity contribution in [1.82, 2.24) is 14.5 Å². The highest BCUT2D eigenvalue weighted by molar-refractivity contribution is 5.77. The highest BCUT2D eigenvalue weighted by atomic mass is 16.4. The number of nitrogens with zero attached hydrogens (tertiary/aromatic N) is 3. The summed E-state index contributed by atoms with van der Waals surface area (Å²) in [7, 11) is 0. The molecule has 1 amide bonds. The number of hydrogen-bond acceptors (Lipinski definition) is 3. The van der Waals surface area contributed by atoms with Crippen molar-refractivity contribution >= 4 is 12.4 Å². The van der Waals surface area contributed by atoms with Gasteiger partial charge in [-0.3, -0.25) is 4.79 Å². The molecule has 1 N–H and O–H groups in total. The van der Waals surface area contributed by atoms with Gasteiger partial charge in [0.2, 0.25) is 6.41 Å².